The lowest BCUT2D eigenvalue weighted by molar-refractivity contribution is -0.132. The normalized spacial score (nSPS) is 15.9. The van der Waals surface area contributed by atoms with E-state index < -0.39 is 0 Å². The van der Waals surface area contributed by atoms with Crippen molar-refractivity contribution in [2.45, 2.75) is 32.2 Å². The number of aromatic nitrogens is 2. The fourth-order valence-electron chi connectivity index (χ4n) is 4.35. The molecule has 1 saturated heterocycles. The molecule has 0 unspecified atom stereocenters. The van der Waals surface area contributed by atoms with Gasteiger partial charge in [-0.3, -0.25) is 4.79 Å². The number of rotatable bonds is 8. The molecule has 1 aromatic heterocycles. The lowest BCUT2D eigenvalue weighted by atomic mass is 10.0. The van der Waals surface area contributed by atoms with Crippen LogP contribution in [0.3, 0.4) is 0 Å². The molecule has 1 aliphatic rings. The molecule has 182 valence electrons. The minimum Gasteiger partial charge on any atom is -0.457 e. The quantitative estimate of drug-likeness (QED) is 0.319. The highest BCUT2D eigenvalue weighted by atomic mass is 35.5. The van der Waals surface area contributed by atoms with Crippen LogP contribution in [0.4, 0.5) is 5.82 Å². The van der Waals surface area contributed by atoms with Crippen molar-refractivity contribution in [1.29, 1.82) is 0 Å². The molecule has 3 aromatic rings. The van der Waals surface area contributed by atoms with Crippen LogP contribution in [0.2, 0.25) is 0 Å². The molecule has 1 atom stereocenters. The molecule has 8 heteroatoms. The number of likely N-dealkylation sites (tertiary alicyclic amines) is 1. The molecule has 35 heavy (non-hydrogen) atoms. The van der Waals surface area contributed by atoms with Crippen LogP contribution in [0.25, 0.3) is 17.0 Å². The summed E-state index contributed by atoms with van der Waals surface area (Å²) >= 11 is 5.80. The number of hydrogen-bond acceptors (Lipinski definition) is 5. The summed E-state index contributed by atoms with van der Waals surface area (Å²) in [6, 6.07) is 17.3. The van der Waals surface area contributed by atoms with Crippen molar-refractivity contribution >= 4 is 35.2 Å². The van der Waals surface area contributed by atoms with Gasteiger partial charge in [-0.1, -0.05) is 24.8 Å². The van der Waals surface area contributed by atoms with E-state index in [-0.39, 0.29) is 11.9 Å². The maximum absolute atomic E-state index is 12.5. The van der Waals surface area contributed by atoms with Crippen LogP contribution in [0.5, 0.6) is 11.5 Å². The number of hydrogen-bond donors (Lipinski definition) is 1. The predicted molar refractivity (Wildman–Crippen MR) is 141 cm³/mol. The van der Waals surface area contributed by atoms with E-state index in [1.54, 1.807) is 6.21 Å². The molecule has 2 heterocycles. The summed E-state index contributed by atoms with van der Waals surface area (Å²) in [7, 11) is 0. The third-order valence-electron chi connectivity index (χ3n) is 5.97. The van der Waals surface area contributed by atoms with Crippen molar-refractivity contribution in [2.75, 3.05) is 19.0 Å². The van der Waals surface area contributed by atoms with Crippen LogP contribution in [-0.2, 0) is 4.79 Å². The van der Waals surface area contributed by atoms with Crippen molar-refractivity contribution in [3.05, 3.63) is 66.7 Å². The lowest BCUT2D eigenvalue weighted by Gasteiger charge is -2.33. The topological polar surface area (TPSA) is 85.7 Å². The zero-order valence-electron chi connectivity index (χ0n) is 19.9. The monoisotopic (exact) mass is 491 g/mol. The van der Waals surface area contributed by atoms with Crippen LogP contribution in [0.1, 0.15) is 37.8 Å². The molecule has 0 radical (unpaired) electrons. The Morgan fingerprint density at radius 1 is 1.23 bits per heavy atom. The standard InChI is InChI=1S/C27H30ClN5O2/c1-3-30-27-25(19(2)29)26(20-11-13-23(14-12-20)35-22-9-5-4-6-10-22)31-33(27)21-8-7-17-32(18-21)24(34)15-16-28/h3-6,9-14,21H,2,7-8,15-18,29H2,1H3/t21-/m1/s1. The number of nitrogens with zero attached hydrogens (tertiary/aromatic N) is 4. The van der Waals surface area contributed by atoms with Crippen LogP contribution < -0.4 is 10.5 Å². The Kier molecular flexibility index (Phi) is 7.87. The van der Waals surface area contributed by atoms with E-state index in [2.05, 4.69) is 11.6 Å². The highest BCUT2D eigenvalue weighted by Gasteiger charge is 2.29. The lowest BCUT2D eigenvalue weighted by Crippen LogP contribution is -2.41. The Balaban J connectivity index is 1.68. The van der Waals surface area contributed by atoms with Gasteiger partial charge in [0, 0.05) is 42.9 Å². The Morgan fingerprint density at radius 3 is 2.60 bits per heavy atom. The zero-order valence-corrected chi connectivity index (χ0v) is 20.6. The van der Waals surface area contributed by atoms with Crippen molar-refractivity contribution in [1.82, 2.24) is 14.7 Å². The average Bonchev–Trinajstić information content (AvgIpc) is 3.25. The Labute approximate surface area is 210 Å². The molecule has 2 N–H and O–H groups in total. The molecule has 0 spiro atoms. The SMILES string of the molecule is C=C(N)c1c(-c2ccc(Oc3ccccc3)cc2)nn([C@@H]2CCCN(C(=O)CCCl)C2)c1N=CC. The first-order chi connectivity index (χ1) is 17.0. The number of alkyl halides is 1. The summed E-state index contributed by atoms with van der Waals surface area (Å²) in [4.78, 5) is 19.0. The van der Waals surface area contributed by atoms with E-state index in [1.807, 2.05) is 71.1 Å². The van der Waals surface area contributed by atoms with Gasteiger partial charge in [-0.2, -0.15) is 5.10 Å². The largest absolute Gasteiger partial charge is 0.457 e. The van der Waals surface area contributed by atoms with Crippen LogP contribution in [-0.4, -0.2) is 45.8 Å². The number of carbonyl (C=O) groups excluding carboxylic acids is 1. The number of carbonyl (C=O) groups is 1. The maximum Gasteiger partial charge on any atom is 0.223 e. The van der Waals surface area contributed by atoms with Gasteiger partial charge >= 0.3 is 0 Å². The summed E-state index contributed by atoms with van der Waals surface area (Å²) in [5, 5.41) is 4.95. The van der Waals surface area contributed by atoms with Crippen molar-refractivity contribution in [3.63, 3.8) is 0 Å². The average molecular weight is 492 g/mol. The Morgan fingerprint density at radius 2 is 1.94 bits per heavy atom. The van der Waals surface area contributed by atoms with E-state index >= 15 is 0 Å². The second-order valence-electron chi connectivity index (χ2n) is 8.42. The molecule has 0 aliphatic carbocycles. The Hall–Kier alpha value is -3.58. The molecular formula is C27H30ClN5O2. The minimum atomic E-state index is -0.0192. The molecule has 1 aliphatic heterocycles. The third kappa shape index (κ3) is 5.57. The fraction of sp³-hybridized carbons (Fsp3) is 0.296. The maximum atomic E-state index is 12.5. The molecule has 0 bridgehead atoms. The van der Waals surface area contributed by atoms with Gasteiger partial charge in [0.1, 0.15) is 17.2 Å². The number of para-hydroxylation sites is 1. The van der Waals surface area contributed by atoms with Crippen LogP contribution in [0, 0.1) is 0 Å². The van der Waals surface area contributed by atoms with Gasteiger partial charge < -0.3 is 15.4 Å². The van der Waals surface area contributed by atoms with E-state index in [4.69, 9.17) is 27.2 Å². The summed E-state index contributed by atoms with van der Waals surface area (Å²) in [6.45, 7) is 7.14. The first-order valence-corrected chi connectivity index (χ1v) is 12.3. The molecule has 1 fully saturated rings. The number of halogens is 1. The van der Waals surface area contributed by atoms with Gasteiger partial charge in [0.25, 0.3) is 0 Å². The van der Waals surface area contributed by atoms with Gasteiger partial charge in [0.15, 0.2) is 5.82 Å². The molecule has 4 rings (SSSR count). The van der Waals surface area contributed by atoms with Gasteiger partial charge in [0.2, 0.25) is 5.91 Å². The summed E-state index contributed by atoms with van der Waals surface area (Å²) in [6.07, 6.45) is 3.83. The second kappa shape index (κ2) is 11.2. The van der Waals surface area contributed by atoms with E-state index in [0.717, 1.165) is 36.4 Å². The molecular weight excluding hydrogens is 462 g/mol. The number of amides is 1. The zero-order chi connectivity index (χ0) is 24.8. The smallest absolute Gasteiger partial charge is 0.223 e. The highest BCUT2D eigenvalue weighted by molar-refractivity contribution is 6.18. The summed E-state index contributed by atoms with van der Waals surface area (Å²) < 4.78 is 7.83. The van der Waals surface area contributed by atoms with Crippen LogP contribution in [0.15, 0.2) is 66.2 Å². The second-order valence-corrected chi connectivity index (χ2v) is 8.80. The van der Waals surface area contributed by atoms with E-state index in [9.17, 15) is 4.79 Å². The molecule has 0 saturated carbocycles. The Bertz CT molecular complexity index is 1200. The number of nitrogens with two attached hydrogens (primary N) is 1. The summed E-state index contributed by atoms with van der Waals surface area (Å²) in [5.41, 5.74) is 8.92. The highest BCUT2D eigenvalue weighted by Crippen LogP contribution is 2.38. The van der Waals surface area contributed by atoms with Crippen molar-refractivity contribution < 1.29 is 9.53 Å². The van der Waals surface area contributed by atoms with Crippen LogP contribution >= 0.6 is 11.6 Å². The number of aliphatic imine (C=N–C) groups is 1. The van der Waals surface area contributed by atoms with Crippen molar-refractivity contribution in [3.8, 4) is 22.8 Å². The van der Waals surface area contributed by atoms with E-state index in [0.29, 0.717) is 41.6 Å². The number of piperidine rings is 1. The third-order valence-corrected chi connectivity index (χ3v) is 6.16. The first kappa shape index (κ1) is 24.5. The molecule has 2 aromatic carbocycles. The van der Waals surface area contributed by atoms with Gasteiger partial charge in [-0.05, 0) is 56.2 Å². The first-order valence-electron chi connectivity index (χ1n) is 11.7. The number of ether oxygens (including phenoxy) is 1. The predicted octanol–water partition coefficient (Wildman–Crippen LogP) is 5.79. The van der Waals surface area contributed by atoms with Gasteiger partial charge in [0.05, 0.1) is 11.6 Å². The van der Waals surface area contributed by atoms with Gasteiger partial charge in [-0.15, -0.1) is 11.6 Å². The fourth-order valence-corrected chi connectivity index (χ4v) is 4.51. The van der Waals surface area contributed by atoms with E-state index in [1.165, 1.54) is 0 Å². The minimum absolute atomic E-state index is 0.0192. The summed E-state index contributed by atoms with van der Waals surface area (Å²) in [5.74, 6) is 2.52. The van der Waals surface area contributed by atoms with Gasteiger partial charge in [-0.25, -0.2) is 9.67 Å². The molecule has 1 amide bonds. The van der Waals surface area contributed by atoms with Crippen molar-refractivity contribution in [2.24, 2.45) is 10.7 Å². The number of benzene rings is 2. The molecule has 7 nitrogen and oxygen atoms in total.